The van der Waals surface area contributed by atoms with Crippen molar-refractivity contribution in [2.24, 2.45) is 11.3 Å². The van der Waals surface area contributed by atoms with Crippen LogP contribution in [-0.4, -0.2) is 37.6 Å². The number of likely N-dealkylation sites (tertiary alicyclic amines) is 1. The van der Waals surface area contributed by atoms with Crippen molar-refractivity contribution in [2.45, 2.75) is 39.0 Å². The molecular formula is C19H27ClN2O2. The van der Waals surface area contributed by atoms with Gasteiger partial charge in [0.2, 0.25) is 5.91 Å². The van der Waals surface area contributed by atoms with E-state index in [2.05, 4.69) is 17.1 Å². The number of nitrogens with zero attached hydrogens (tertiary/aromatic N) is 1. The topological polar surface area (TPSA) is 41.6 Å². The van der Waals surface area contributed by atoms with E-state index in [1.54, 1.807) is 25.3 Å². The van der Waals surface area contributed by atoms with Crippen molar-refractivity contribution >= 4 is 23.2 Å². The monoisotopic (exact) mass is 350 g/mol. The standard InChI is InChI=1S/C19H27ClN2O2/c1-14-5-7-19(12-14)8-10-22(13-19)9-6-18(23)21-16-11-15(20)3-4-17(16)24-2/h3-4,11,14H,5-10,12-13H2,1-2H3,(H,21,23). The Labute approximate surface area is 149 Å². The summed E-state index contributed by atoms with van der Waals surface area (Å²) in [5, 5.41) is 3.51. The van der Waals surface area contributed by atoms with Gasteiger partial charge in [-0.05, 0) is 55.3 Å². The van der Waals surface area contributed by atoms with Crippen LogP contribution < -0.4 is 10.1 Å². The third-order valence-electron chi connectivity index (χ3n) is 5.56. The SMILES string of the molecule is COc1ccc(Cl)cc1NC(=O)CCN1CCC2(CCC(C)C2)C1. The fourth-order valence-corrected chi connectivity index (χ4v) is 4.51. The van der Waals surface area contributed by atoms with Crippen LogP contribution in [0.1, 0.15) is 39.0 Å². The second kappa shape index (κ2) is 7.32. The molecule has 1 aliphatic heterocycles. The van der Waals surface area contributed by atoms with E-state index < -0.39 is 0 Å². The van der Waals surface area contributed by atoms with E-state index in [0.29, 0.717) is 28.3 Å². The van der Waals surface area contributed by atoms with Gasteiger partial charge in [0, 0.05) is 24.5 Å². The molecule has 1 aliphatic carbocycles. The number of hydrogen-bond acceptors (Lipinski definition) is 3. The second-order valence-corrected chi connectivity index (χ2v) is 7.95. The van der Waals surface area contributed by atoms with Gasteiger partial charge in [-0.1, -0.05) is 24.9 Å². The summed E-state index contributed by atoms with van der Waals surface area (Å²) in [6, 6.07) is 5.24. The zero-order chi connectivity index (χ0) is 17.2. The molecule has 3 rings (SSSR count). The van der Waals surface area contributed by atoms with Gasteiger partial charge in [0.15, 0.2) is 0 Å². The van der Waals surface area contributed by atoms with Crippen LogP contribution in [0.4, 0.5) is 5.69 Å². The highest BCUT2D eigenvalue weighted by molar-refractivity contribution is 6.31. The summed E-state index contributed by atoms with van der Waals surface area (Å²) in [5.41, 5.74) is 1.17. The summed E-state index contributed by atoms with van der Waals surface area (Å²) >= 11 is 6.00. The van der Waals surface area contributed by atoms with E-state index in [1.165, 1.54) is 25.7 Å². The van der Waals surface area contributed by atoms with Gasteiger partial charge in [0.05, 0.1) is 12.8 Å². The minimum Gasteiger partial charge on any atom is -0.495 e. The summed E-state index contributed by atoms with van der Waals surface area (Å²) in [6.07, 6.45) is 5.87. The third-order valence-corrected chi connectivity index (χ3v) is 5.79. The molecule has 0 radical (unpaired) electrons. The quantitative estimate of drug-likeness (QED) is 0.865. The van der Waals surface area contributed by atoms with Crippen LogP contribution in [0, 0.1) is 11.3 Å². The highest BCUT2D eigenvalue weighted by Crippen LogP contribution is 2.47. The van der Waals surface area contributed by atoms with Crippen LogP contribution in [0.3, 0.4) is 0 Å². The lowest BCUT2D eigenvalue weighted by Crippen LogP contribution is -2.28. The van der Waals surface area contributed by atoms with Crippen LogP contribution in [0.5, 0.6) is 5.75 Å². The van der Waals surface area contributed by atoms with E-state index in [4.69, 9.17) is 16.3 Å². The highest BCUT2D eigenvalue weighted by atomic mass is 35.5. The van der Waals surface area contributed by atoms with E-state index in [1.807, 2.05) is 0 Å². The molecule has 24 heavy (non-hydrogen) atoms. The van der Waals surface area contributed by atoms with Gasteiger partial charge < -0.3 is 15.0 Å². The molecule has 0 bridgehead atoms. The Kier molecular flexibility index (Phi) is 5.36. The molecule has 2 atom stereocenters. The third kappa shape index (κ3) is 4.04. The first-order chi connectivity index (χ1) is 11.5. The van der Waals surface area contributed by atoms with Crippen molar-refractivity contribution in [1.29, 1.82) is 0 Å². The molecule has 4 nitrogen and oxygen atoms in total. The second-order valence-electron chi connectivity index (χ2n) is 7.52. The molecule has 2 unspecified atom stereocenters. The van der Waals surface area contributed by atoms with E-state index in [0.717, 1.165) is 25.6 Å². The van der Waals surface area contributed by atoms with Crippen molar-refractivity contribution in [3.05, 3.63) is 23.2 Å². The predicted molar refractivity (Wildman–Crippen MR) is 97.8 cm³/mol. The zero-order valence-electron chi connectivity index (χ0n) is 14.6. The molecule has 1 N–H and O–H groups in total. The van der Waals surface area contributed by atoms with E-state index in [-0.39, 0.29) is 5.91 Å². The van der Waals surface area contributed by atoms with Crippen LogP contribution in [0.25, 0.3) is 0 Å². The minimum atomic E-state index is 0.0105. The van der Waals surface area contributed by atoms with E-state index in [9.17, 15) is 4.79 Å². The lowest BCUT2D eigenvalue weighted by atomic mass is 9.85. The number of rotatable bonds is 5. The number of benzene rings is 1. The Hall–Kier alpha value is -1.26. The Balaban J connectivity index is 1.49. The van der Waals surface area contributed by atoms with Gasteiger partial charge in [0.25, 0.3) is 0 Å². The fraction of sp³-hybridized carbons (Fsp3) is 0.632. The summed E-state index contributed by atoms with van der Waals surface area (Å²) in [5.74, 6) is 1.51. The number of hydrogen-bond donors (Lipinski definition) is 1. The van der Waals surface area contributed by atoms with Crippen LogP contribution in [0.15, 0.2) is 18.2 Å². The molecule has 1 spiro atoms. The maximum absolute atomic E-state index is 12.3. The Morgan fingerprint density at radius 3 is 3.00 bits per heavy atom. The predicted octanol–water partition coefficient (Wildman–Crippen LogP) is 4.19. The Morgan fingerprint density at radius 2 is 2.29 bits per heavy atom. The first kappa shape index (κ1) is 17.6. The molecular weight excluding hydrogens is 324 g/mol. The molecule has 5 heteroatoms. The maximum atomic E-state index is 12.3. The van der Waals surface area contributed by atoms with Crippen molar-refractivity contribution in [3.63, 3.8) is 0 Å². The molecule has 2 aliphatic rings. The number of halogens is 1. The molecule has 1 amide bonds. The average molecular weight is 351 g/mol. The fourth-order valence-electron chi connectivity index (χ4n) is 4.34. The molecule has 0 aromatic heterocycles. The van der Waals surface area contributed by atoms with Gasteiger partial charge in [-0.15, -0.1) is 0 Å². The first-order valence-electron chi connectivity index (χ1n) is 8.85. The van der Waals surface area contributed by atoms with Crippen LogP contribution >= 0.6 is 11.6 Å². The number of nitrogens with one attached hydrogen (secondary N) is 1. The van der Waals surface area contributed by atoms with Gasteiger partial charge in [-0.2, -0.15) is 0 Å². The normalized spacial score (nSPS) is 26.9. The summed E-state index contributed by atoms with van der Waals surface area (Å²) < 4.78 is 5.27. The van der Waals surface area contributed by atoms with Gasteiger partial charge in [0.1, 0.15) is 5.75 Å². The zero-order valence-corrected chi connectivity index (χ0v) is 15.4. The van der Waals surface area contributed by atoms with Crippen molar-refractivity contribution < 1.29 is 9.53 Å². The maximum Gasteiger partial charge on any atom is 0.225 e. The molecule has 1 aromatic rings. The lowest BCUT2D eigenvalue weighted by molar-refractivity contribution is -0.116. The molecule has 1 saturated carbocycles. The number of ether oxygens (including phenoxy) is 1. The molecule has 2 fully saturated rings. The van der Waals surface area contributed by atoms with Crippen LogP contribution in [0.2, 0.25) is 5.02 Å². The number of carbonyl (C=O) groups is 1. The molecule has 1 heterocycles. The summed E-state index contributed by atoms with van der Waals surface area (Å²) in [4.78, 5) is 14.7. The van der Waals surface area contributed by atoms with Gasteiger partial charge in [-0.25, -0.2) is 0 Å². The van der Waals surface area contributed by atoms with Crippen LogP contribution in [-0.2, 0) is 4.79 Å². The van der Waals surface area contributed by atoms with Crippen molar-refractivity contribution in [1.82, 2.24) is 4.90 Å². The molecule has 132 valence electrons. The Morgan fingerprint density at radius 1 is 1.46 bits per heavy atom. The van der Waals surface area contributed by atoms with E-state index >= 15 is 0 Å². The van der Waals surface area contributed by atoms with Gasteiger partial charge >= 0.3 is 0 Å². The number of methoxy groups -OCH3 is 1. The average Bonchev–Trinajstić information content (AvgIpc) is 3.12. The molecule has 1 aromatic carbocycles. The van der Waals surface area contributed by atoms with Gasteiger partial charge in [-0.3, -0.25) is 4.79 Å². The highest BCUT2D eigenvalue weighted by Gasteiger charge is 2.42. The number of anilines is 1. The smallest absolute Gasteiger partial charge is 0.225 e. The number of carbonyl (C=O) groups excluding carboxylic acids is 1. The summed E-state index contributed by atoms with van der Waals surface area (Å²) in [6.45, 7) is 5.47. The van der Waals surface area contributed by atoms with Crippen molar-refractivity contribution in [2.75, 3.05) is 32.1 Å². The Bertz CT molecular complexity index is 607. The lowest BCUT2D eigenvalue weighted by Gasteiger charge is -2.24. The first-order valence-corrected chi connectivity index (χ1v) is 9.23. The summed E-state index contributed by atoms with van der Waals surface area (Å²) in [7, 11) is 1.59. The largest absolute Gasteiger partial charge is 0.495 e. The number of amides is 1. The molecule has 1 saturated heterocycles. The van der Waals surface area contributed by atoms with Crippen molar-refractivity contribution in [3.8, 4) is 5.75 Å². The minimum absolute atomic E-state index is 0.0105.